The van der Waals surface area contributed by atoms with Gasteiger partial charge in [-0.05, 0) is 56.5 Å². The molecule has 128 valence electrons. The summed E-state index contributed by atoms with van der Waals surface area (Å²) in [5.74, 6) is 1.36. The number of carbonyl (C=O) groups excluding carboxylic acids is 1. The van der Waals surface area contributed by atoms with Gasteiger partial charge in [0, 0.05) is 12.1 Å². The molecule has 1 atom stereocenters. The first kappa shape index (κ1) is 17.9. The quantitative estimate of drug-likeness (QED) is 0.880. The second kappa shape index (κ2) is 7.86. The van der Waals surface area contributed by atoms with E-state index >= 15 is 0 Å². The van der Waals surface area contributed by atoms with E-state index in [1.807, 2.05) is 51.1 Å². The number of aryl methyl sites for hydroxylation is 2. The Morgan fingerprint density at radius 2 is 1.83 bits per heavy atom. The van der Waals surface area contributed by atoms with Crippen molar-refractivity contribution in [1.82, 2.24) is 5.32 Å². The van der Waals surface area contributed by atoms with Gasteiger partial charge in [0.05, 0.1) is 7.11 Å². The summed E-state index contributed by atoms with van der Waals surface area (Å²) in [7, 11) is 1.62. The summed E-state index contributed by atoms with van der Waals surface area (Å²) < 4.78 is 11.2. The van der Waals surface area contributed by atoms with Crippen molar-refractivity contribution in [2.45, 2.75) is 40.3 Å². The monoisotopic (exact) mass is 327 g/mol. The van der Waals surface area contributed by atoms with Crippen LogP contribution in [0.1, 0.15) is 29.2 Å². The molecule has 1 amide bonds. The molecule has 0 unspecified atom stereocenters. The van der Waals surface area contributed by atoms with Crippen molar-refractivity contribution in [2.24, 2.45) is 0 Å². The highest BCUT2D eigenvalue weighted by molar-refractivity contribution is 5.80. The first-order valence-electron chi connectivity index (χ1n) is 8.06. The van der Waals surface area contributed by atoms with Crippen molar-refractivity contribution >= 4 is 5.91 Å². The van der Waals surface area contributed by atoms with Gasteiger partial charge in [-0.2, -0.15) is 0 Å². The Balaban J connectivity index is 2.00. The lowest BCUT2D eigenvalue weighted by atomic mass is 10.1. The molecule has 0 aliphatic heterocycles. The first-order chi connectivity index (χ1) is 11.4. The van der Waals surface area contributed by atoms with Crippen LogP contribution in [0.25, 0.3) is 0 Å². The van der Waals surface area contributed by atoms with Crippen molar-refractivity contribution in [3.63, 3.8) is 0 Å². The van der Waals surface area contributed by atoms with Gasteiger partial charge in [0.1, 0.15) is 11.5 Å². The van der Waals surface area contributed by atoms with Gasteiger partial charge in [0.2, 0.25) is 0 Å². The Kier molecular flexibility index (Phi) is 5.85. The molecule has 0 bridgehead atoms. The summed E-state index contributed by atoms with van der Waals surface area (Å²) in [6, 6.07) is 11.7. The van der Waals surface area contributed by atoms with Crippen LogP contribution in [0.5, 0.6) is 11.5 Å². The Morgan fingerprint density at radius 3 is 2.54 bits per heavy atom. The third kappa shape index (κ3) is 4.28. The number of amides is 1. The molecule has 4 nitrogen and oxygen atoms in total. The van der Waals surface area contributed by atoms with Gasteiger partial charge in [-0.15, -0.1) is 0 Å². The lowest BCUT2D eigenvalue weighted by molar-refractivity contribution is -0.127. The van der Waals surface area contributed by atoms with Crippen LogP contribution in [-0.4, -0.2) is 19.1 Å². The fraction of sp³-hybridized carbons (Fsp3) is 0.350. The van der Waals surface area contributed by atoms with Gasteiger partial charge in [0.25, 0.3) is 5.91 Å². The second-order valence-electron chi connectivity index (χ2n) is 5.99. The van der Waals surface area contributed by atoms with Crippen LogP contribution in [0.3, 0.4) is 0 Å². The third-order valence-electron chi connectivity index (χ3n) is 4.08. The van der Waals surface area contributed by atoms with E-state index < -0.39 is 6.10 Å². The first-order valence-corrected chi connectivity index (χ1v) is 8.06. The van der Waals surface area contributed by atoms with Gasteiger partial charge in [-0.3, -0.25) is 4.79 Å². The van der Waals surface area contributed by atoms with Crippen molar-refractivity contribution in [2.75, 3.05) is 7.11 Å². The van der Waals surface area contributed by atoms with E-state index in [2.05, 4.69) is 11.4 Å². The minimum absolute atomic E-state index is 0.153. The highest BCUT2D eigenvalue weighted by atomic mass is 16.5. The highest BCUT2D eigenvalue weighted by Gasteiger charge is 2.16. The minimum atomic E-state index is -0.570. The van der Waals surface area contributed by atoms with Gasteiger partial charge in [0.15, 0.2) is 6.10 Å². The zero-order chi connectivity index (χ0) is 17.7. The molecule has 2 aromatic carbocycles. The molecule has 4 heteroatoms. The third-order valence-corrected chi connectivity index (χ3v) is 4.08. The number of para-hydroxylation sites is 1. The molecule has 0 aliphatic rings. The number of ether oxygens (including phenoxy) is 2. The molecular weight excluding hydrogens is 302 g/mol. The van der Waals surface area contributed by atoms with Crippen LogP contribution in [-0.2, 0) is 11.3 Å². The van der Waals surface area contributed by atoms with Crippen molar-refractivity contribution in [3.05, 3.63) is 58.7 Å². The molecule has 0 aromatic heterocycles. The summed E-state index contributed by atoms with van der Waals surface area (Å²) in [5.41, 5.74) is 4.27. The smallest absolute Gasteiger partial charge is 0.261 e. The Morgan fingerprint density at radius 1 is 1.12 bits per heavy atom. The van der Waals surface area contributed by atoms with E-state index in [1.165, 1.54) is 0 Å². The maximum absolute atomic E-state index is 12.3. The van der Waals surface area contributed by atoms with Crippen molar-refractivity contribution in [1.29, 1.82) is 0 Å². The number of rotatable bonds is 6. The number of carbonyl (C=O) groups is 1. The fourth-order valence-corrected chi connectivity index (χ4v) is 2.54. The molecule has 1 N–H and O–H groups in total. The summed E-state index contributed by atoms with van der Waals surface area (Å²) in [4.78, 5) is 12.3. The van der Waals surface area contributed by atoms with E-state index in [1.54, 1.807) is 14.0 Å². The van der Waals surface area contributed by atoms with Gasteiger partial charge < -0.3 is 14.8 Å². The molecule has 2 aromatic rings. The zero-order valence-electron chi connectivity index (χ0n) is 15.0. The van der Waals surface area contributed by atoms with Gasteiger partial charge >= 0.3 is 0 Å². The molecule has 2 rings (SSSR count). The van der Waals surface area contributed by atoms with E-state index in [4.69, 9.17) is 9.47 Å². The van der Waals surface area contributed by atoms with Crippen LogP contribution in [0, 0.1) is 20.8 Å². The topological polar surface area (TPSA) is 47.6 Å². The SMILES string of the molecule is COc1ccccc1CNC(=O)[C@H](C)Oc1cc(C)cc(C)c1C. The molecule has 0 aliphatic carbocycles. The number of methoxy groups -OCH3 is 1. The predicted molar refractivity (Wildman–Crippen MR) is 95.6 cm³/mol. The molecule has 0 heterocycles. The van der Waals surface area contributed by atoms with Crippen molar-refractivity contribution in [3.8, 4) is 11.5 Å². The summed E-state index contributed by atoms with van der Waals surface area (Å²) in [5, 5.41) is 2.90. The van der Waals surface area contributed by atoms with Crippen LogP contribution in [0.4, 0.5) is 0 Å². The lowest BCUT2D eigenvalue weighted by Gasteiger charge is -2.18. The van der Waals surface area contributed by atoms with E-state index in [9.17, 15) is 4.79 Å². The Hall–Kier alpha value is -2.49. The zero-order valence-corrected chi connectivity index (χ0v) is 15.0. The maximum atomic E-state index is 12.3. The molecular formula is C20H25NO3. The van der Waals surface area contributed by atoms with Crippen LogP contribution < -0.4 is 14.8 Å². The highest BCUT2D eigenvalue weighted by Crippen LogP contribution is 2.24. The lowest BCUT2D eigenvalue weighted by Crippen LogP contribution is -2.36. The summed E-state index contributed by atoms with van der Waals surface area (Å²) in [6.07, 6.45) is -0.570. The summed E-state index contributed by atoms with van der Waals surface area (Å²) in [6.45, 7) is 8.23. The van der Waals surface area contributed by atoms with Crippen LogP contribution >= 0.6 is 0 Å². The van der Waals surface area contributed by atoms with E-state index in [0.29, 0.717) is 6.54 Å². The fourth-order valence-electron chi connectivity index (χ4n) is 2.54. The Labute approximate surface area is 143 Å². The predicted octanol–water partition coefficient (Wildman–Crippen LogP) is 3.70. The maximum Gasteiger partial charge on any atom is 0.261 e. The normalized spacial score (nSPS) is 11.7. The molecule has 0 fully saturated rings. The second-order valence-corrected chi connectivity index (χ2v) is 5.99. The van der Waals surface area contributed by atoms with Crippen LogP contribution in [0.15, 0.2) is 36.4 Å². The number of hydrogen-bond donors (Lipinski definition) is 1. The van der Waals surface area contributed by atoms with E-state index in [-0.39, 0.29) is 5.91 Å². The molecule has 0 spiro atoms. The molecule has 24 heavy (non-hydrogen) atoms. The van der Waals surface area contributed by atoms with E-state index in [0.717, 1.165) is 33.8 Å². The molecule has 0 radical (unpaired) electrons. The minimum Gasteiger partial charge on any atom is -0.496 e. The summed E-state index contributed by atoms with van der Waals surface area (Å²) >= 11 is 0. The van der Waals surface area contributed by atoms with Gasteiger partial charge in [-0.1, -0.05) is 24.3 Å². The van der Waals surface area contributed by atoms with Crippen LogP contribution in [0.2, 0.25) is 0 Å². The number of hydrogen-bond acceptors (Lipinski definition) is 3. The number of nitrogens with one attached hydrogen (secondary N) is 1. The van der Waals surface area contributed by atoms with Gasteiger partial charge in [-0.25, -0.2) is 0 Å². The Bertz CT molecular complexity index is 725. The van der Waals surface area contributed by atoms with Crippen molar-refractivity contribution < 1.29 is 14.3 Å². The largest absolute Gasteiger partial charge is 0.496 e. The standard InChI is InChI=1S/C20H25NO3/c1-13-10-14(2)15(3)19(11-13)24-16(4)20(22)21-12-17-8-6-7-9-18(17)23-5/h6-11,16H,12H2,1-5H3,(H,21,22)/t16-/m0/s1. The molecule has 0 saturated heterocycles. The average Bonchev–Trinajstić information content (AvgIpc) is 2.57. The average molecular weight is 327 g/mol. The molecule has 0 saturated carbocycles. The number of benzene rings is 2.